The molecule has 2 heterocycles. The highest BCUT2D eigenvalue weighted by Crippen LogP contribution is 2.25. The molecule has 1 atom stereocenters. The largest absolute Gasteiger partial charge is 0.497 e. The van der Waals surface area contributed by atoms with Crippen molar-refractivity contribution in [3.63, 3.8) is 0 Å². The van der Waals surface area contributed by atoms with Gasteiger partial charge in [0.2, 0.25) is 5.91 Å². The second-order valence-electron chi connectivity index (χ2n) is 7.93. The molecule has 1 aromatic rings. The van der Waals surface area contributed by atoms with Crippen LogP contribution in [0, 0.1) is 0 Å². The molecule has 29 heavy (non-hydrogen) atoms. The molecule has 0 spiro atoms. The smallest absolute Gasteiger partial charge is 0.239 e. The van der Waals surface area contributed by atoms with Crippen molar-refractivity contribution >= 4 is 5.91 Å². The van der Waals surface area contributed by atoms with E-state index in [1.165, 1.54) is 0 Å². The van der Waals surface area contributed by atoms with E-state index in [0.29, 0.717) is 0 Å². The average molecular weight is 405 g/mol. The zero-order chi connectivity index (χ0) is 20.8. The summed E-state index contributed by atoms with van der Waals surface area (Å²) in [5.41, 5.74) is 1.14. The van der Waals surface area contributed by atoms with Gasteiger partial charge in [-0.15, -0.1) is 0 Å². The topological polar surface area (TPSA) is 48.5 Å². The standard InChI is InChI=1S/C22H36N4O3/c1-5-23-8-14-26(15-9-23)22(27)18(2)25-12-10-24(11-13-25)17-19-16-20(28-3)6-7-21(19)29-4/h6-7,16,18H,5,8-15,17H2,1-4H3. The Morgan fingerprint density at radius 2 is 1.62 bits per heavy atom. The van der Waals surface area contributed by atoms with Crippen molar-refractivity contribution in [3.05, 3.63) is 23.8 Å². The highest BCUT2D eigenvalue weighted by atomic mass is 16.5. The van der Waals surface area contributed by atoms with E-state index in [1.54, 1.807) is 14.2 Å². The van der Waals surface area contributed by atoms with Crippen LogP contribution in [-0.2, 0) is 11.3 Å². The van der Waals surface area contributed by atoms with Gasteiger partial charge in [0.05, 0.1) is 20.3 Å². The lowest BCUT2D eigenvalue weighted by molar-refractivity contribution is -0.138. The van der Waals surface area contributed by atoms with E-state index in [-0.39, 0.29) is 11.9 Å². The molecule has 2 aliphatic rings. The number of carbonyl (C=O) groups excluding carboxylic acids is 1. The number of rotatable bonds is 7. The van der Waals surface area contributed by atoms with Crippen molar-refractivity contribution in [2.75, 3.05) is 73.1 Å². The van der Waals surface area contributed by atoms with Crippen molar-refractivity contribution < 1.29 is 14.3 Å². The maximum absolute atomic E-state index is 12.9. The molecular weight excluding hydrogens is 368 g/mol. The van der Waals surface area contributed by atoms with Crippen LogP contribution in [0.3, 0.4) is 0 Å². The lowest BCUT2D eigenvalue weighted by Gasteiger charge is -2.41. The number of ether oxygens (including phenoxy) is 2. The fourth-order valence-electron chi connectivity index (χ4n) is 4.26. The first-order valence-corrected chi connectivity index (χ1v) is 10.7. The number of piperazine rings is 2. The van der Waals surface area contributed by atoms with E-state index < -0.39 is 0 Å². The van der Waals surface area contributed by atoms with Crippen molar-refractivity contribution in [3.8, 4) is 11.5 Å². The van der Waals surface area contributed by atoms with Gasteiger partial charge in [-0.3, -0.25) is 14.6 Å². The van der Waals surface area contributed by atoms with Gasteiger partial charge in [-0.25, -0.2) is 0 Å². The maximum Gasteiger partial charge on any atom is 0.239 e. The average Bonchev–Trinajstić information content (AvgIpc) is 2.78. The number of benzene rings is 1. The zero-order valence-electron chi connectivity index (χ0n) is 18.4. The van der Waals surface area contributed by atoms with Crippen LogP contribution in [0.2, 0.25) is 0 Å². The molecule has 0 radical (unpaired) electrons. The van der Waals surface area contributed by atoms with Crippen LogP contribution in [0.4, 0.5) is 0 Å². The van der Waals surface area contributed by atoms with Crippen LogP contribution in [0.1, 0.15) is 19.4 Å². The fraction of sp³-hybridized carbons (Fsp3) is 0.682. The Bertz CT molecular complexity index is 668. The Morgan fingerprint density at radius 1 is 0.966 bits per heavy atom. The molecule has 1 aromatic carbocycles. The first-order chi connectivity index (χ1) is 14.0. The van der Waals surface area contributed by atoms with Crippen LogP contribution in [0.25, 0.3) is 0 Å². The molecule has 162 valence electrons. The second-order valence-corrected chi connectivity index (χ2v) is 7.93. The minimum atomic E-state index is -0.0447. The molecule has 2 fully saturated rings. The monoisotopic (exact) mass is 404 g/mol. The molecule has 3 rings (SSSR count). The maximum atomic E-state index is 12.9. The van der Waals surface area contributed by atoms with Gasteiger partial charge in [-0.05, 0) is 31.7 Å². The van der Waals surface area contributed by atoms with Gasteiger partial charge in [0.15, 0.2) is 0 Å². The Morgan fingerprint density at radius 3 is 2.21 bits per heavy atom. The van der Waals surface area contributed by atoms with E-state index >= 15 is 0 Å². The number of amides is 1. The van der Waals surface area contributed by atoms with Crippen molar-refractivity contribution in [1.82, 2.24) is 19.6 Å². The molecule has 0 N–H and O–H groups in total. The van der Waals surface area contributed by atoms with Crippen LogP contribution in [-0.4, -0.2) is 105 Å². The Kier molecular flexibility index (Phi) is 7.75. The predicted octanol–water partition coefficient (Wildman–Crippen LogP) is 1.37. The summed E-state index contributed by atoms with van der Waals surface area (Å²) in [7, 11) is 3.39. The zero-order valence-corrected chi connectivity index (χ0v) is 18.4. The number of hydrogen-bond donors (Lipinski definition) is 0. The third kappa shape index (κ3) is 5.41. The van der Waals surface area contributed by atoms with Crippen LogP contribution in [0.5, 0.6) is 11.5 Å². The van der Waals surface area contributed by atoms with Crippen LogP contribution >= 0.6 is 0 Å². The lowest BCUT2D eigenvalue weighted by Crippen LogP contribution is -2.57. The first kappa shape index (κ1) is 21.9. The number of likely N-dealkylation sites (N-methyl/N-ethyl adjacent to an activating group) is 1. The number of methoxy groups -OCH3 is 2. The summed E-state index contributed by atoms with van der Waals surface area (Å²) >= 11 is 0. The van der Waals surface area contributed by atoms with Crippen molar-refractivity contribution in [1.29, 1.82) is 0 Å². The molecule has 0 bridgehead atoms. The van der Waals surface area contributed by atoms with Gasteiger partial charge in [0.25, 0.3) is 0 Å². The van der Waals surface area contributed by atoms with Gasteiger partial charge in [-0.2, -0.15) is 0 Å². The fourth-order valence-corrected chi connectivity index (χ4v) is 4.26. The van der Waals surface area contributed by atoms with E-state index in [9.17, 15) is 4.79 Å². The van der Waals surface area contributed by atoms with Gasteiger partial charge >= 0.3 is 0 Å². The second kappa shape index (κ2) is 10.3. The minimum absolute atomic E-state index is 0.0447. The molecule has 0 saturated carbocycles. The van der Waals surface area contributed by atoms with Gasteiger partial charge < -0.3 is 19.3 Å². The Hall–Kier alpha value is -1.83. The molecule has 1 amide bonds. The van der Waals surface area contributed by atoms with E-state index in [4.69, 9.17) is 9.47 Å². The van der Waals surface area contributed by atoms with E-state index in [2.05, 4.69) is 28.5 Å². The minimum Gasteiger partial charge on any atom is -0.497 e. The Labute approximate surface area is 175 Å². The third-order valence-electron chi connectivity index (χ3n) is 6.32. The molecule has 2 saturated heterocycles. The van der Waals surface area contributed by atoms with E-state index in [1.807, 2.05) is 23.1 Å². The highest BCUT2D eigenvalue weighted by molar-refractivity contribution is 5.81. The molecule has 7 heteroatoms. The summed E-state index contributed by atoms with van der Waals surface area (Å²) in [4.78, 5) is 22.1. The molecular formula is C22H36N4O3. The summed E-state index contributed by atoms with van der Waals surface area (Å²) in [5, 5.41) is 0. The first-order valence-electron chi connectivity index (χ1n) is 10.7. The molecule has 2 aliphatic heterocycles. The molecule has 1 unspecified atom stereocenters. The van der Waals surface area contributed by atoms with Gasteiger partial charge in [-0.1, -0.05) is 6.92 Å². The van der Waals surface area contributed by atoms with Crippen molar-refractivity contribution in [2.24, 2.45) is 0 Å². The summed E-state index contributed by atoms with van der Waals surface area (Å²) in [5.74, 6) is 2.02. The van der Waals surface area contributed by atoms with Crippen LogP contribution in [0.15, 0.2) is 18.2 Å². The number of carbonyl (C=O) groups is 1. The number of hydrogen-bond acceptors (Lipinski definition) is 6. The SMILES string of the molecule is CCN1CCN(C(=O)C(C)N2CCN(Cc3cc(OC)ccc3OC)CC2)CC1. The van der Waals surface area contributed by atoms with Crippen LogP contribution < -0.4 is 9.47 Å². The van der Waals surface area contributed by atoms with Gasteiger partial charge in [0, 0.05) is 64.5 Å². The third-order valence-corrected chi connectivity index (χ3v) is 6.32. The quantitative estimate of drug-likeness (QED) is 0.684. The lowest BCUT2D eigenvalue weighted by atomic mass is 10.1. The van der Waals surface area contributed by atoms with E-state index in [0.717, 1.165) is 82.5 Å². The van der Waals surface area contributed by atoms with Crippen molar-refractivity contribution in [2.45, 2.75) is 26.4 Å². The predicted molar refractivity (Wildman–Crippen MR) is 115 cm³/mol. The summed E-state index contributed by atoms with van der Waals surface area (Å²) in [6.45, 7) is 13.5. The summed E-state index contributed by atoms with van der Waals surface area (Å²) < 4.78 is 10.9. The highest BCUT2D eigenvalue weighted by Gasteiger charge is 2.30. The Balaban J connectivity index is 1.51. The number of nitrogens with zero attached hydrogens (tertiary/aromatic N) is 4. The molecule has 0 aliphatic carbocycles. The normalized spacial score (nSPS) is 20.5. The summed E-state index contributed by atoms with van der Waals surface area (Å²) in [6.07, 6.45) is 0. The molecule has 7 nitrogen and oxygen atoms in total. The van der Waals surface area contributed by atoms with Gasteiger partial charge in [0.1, 0.15) is 11.5 Å². The summed E-state index contributed by atoms with van der Waals surface area (Å²) in [6, 6.07) is 5.89. The molecule has 0 aromatic heterocycles.